The van der Waals surface area contributed by atoms with Gasteiger partial charge in [0.2, 0.25) is 0 Å². The van der Waals surface area contributed by atoms with Crippen LogP contribution < -0.4 is 5.32 Å². The fourth-order valence-electron chi connectivity index (χ4n) is 2.14. The summed E-state index contributed by atoms with van der Waals surface area (Å²) >= 11 is 3.31. The molecule has 2 rings (SSSR count). The first kappa shape index (κ1) is 15.2. The highest BCUT2D eigenvalue weighted by Gasteiger charge is 2.06. The fraction of sp³-hybridized carbons (Fsp3) is 0.294. The molecule has 0 heterocycles. The maximum Gasteiger partial charge on any atom is 0.124 e. The van der Waals surface area contributed by atoms with Crippen molar-refractivity contribution >= 4 is 15.9 Å². The van der Waals surface area contributed by atoms with E-state index in [2.05, 4.69) is 59.4 Å². The molecule has 2 aromatic rings. The minimum Gasteiger partial charge on any atom is -0.306 e. The second kappa shape index (κ2) is 7.00. The van der Waals surface area contributed by atoms with Crippen LogP contribution in [-0.2, 0) is 13.0 Å². The zero-order chi connectivity index (χ0) is 14.5. The van der Waals surface area contributed by atoms with Crippen molar-refractivity contribution in [3.63, 3.8) is 0 Å². The molecule has 2 aromatic carbocycles. The smallest absolute Gasteiger partial charge is 0.124 e. The average Bonchev–Trinajstić information content (AvgIpc) is 2.44. The Balaban J connectivity index is 1.98. The third kappa shape index (κ3) is 4.15. The number of hydrogen-bond acceptors (Lipinski definition) is 1. The van der Waals surface area contributed by atoms with E-state index in [1.807, 2.05) is 6.07 Å². The summed E-state index contributed by atoms with van der Waals surface area (Å²) in [6, 6.07) is 13.8. The van der Waals surface area contributed by atoms with Crippen LogP contribution >= 0.6 is 15.9 Å². The Labute approximate surface area is 128 Å². The Bertz CT molecular complexity index is 545. The summed E-state index contributed by atoms with van der Waals surface area (Å²) in [4.78, 5) is 0. The second-order valence-electron chi connectivity index (χ2n) is 4.98. The van der Waals surface area contributed by atoms with Crippen molar-refractivity contribution in [2.45, 2.75) is 32.9 Å². The summed E-state index contributed by atoms with van der Waals surface area (Å²) in [5.74, 6) is -0.212. The van der Waals surface area contributed by atoms with Crippen molar-refractivity contribution in [2.24, 2.45) is 0 Å². The van der Waals surface area contributed by atoms with E-state index in [0.717, 1.165) is 16.5 Å². The molecule has 106 valence electrons. The molecule has 1 nitrogen and oxygen atoms in total. The lowest BCUT2D eigenvalue weighted by Gasteiger charge is -2.15. The molecule has 0 radical (unpaired) electrons. The lowest BCUT2D eigenvalue weighted by atomic mass is 10.0. The van der Waals surface area contributed by atoms with Crippen LogP contribution in [0, 0.1) is 5.82 Å². The van der Waals surface area contributed by atoms with Crippen LogP contribution in [0.15, 0.2) is 46.9 Å². The van der Waals surface area contributed by atoms with Gasteiger partial charge in [-0.2, -0.15) is 0 Å². The quantitative estimate of drug-likeness (QED) is 0.810. The van der Waals surface area contributed by atoms with Gasteiger partial charge in [-0.05, 0) is 48.2 Å². The van der Waals surface area contributed by atoms with Crippen LogP contribution in [0.25, 0.3) is 0 Å². The molecule has 0 aliphatic rings. The second-order valence-corrected chi connectivity index (χ2v) is 5.89. The SMILES string of the molecule is CCc1ccc(C(C)NCc2cc(F)cc(Br)c2)cc1. The largest absolute Gasteiger partial charge is 0.306 e. The zero-order valence-electron chi connectivity index (χ0n) is 11.8. The zero-order valence-corrected chi connectivity index (χ0v) is 13.4. The van der Waals surface area contributed by atoms with Gasteiger partial charge < -0.3 is 5.32 Å². The number of nitrogens with one attached hydrogen (secondary N) is 1. The third-order valence-corrected chi connectivity index (χ3v) is 3.88. The van der Waals surface area contributed by atoms with E-state index in [1.54, 1.807) is 6.07 Å². The number of aryl methyl sites for hydroxylation is 1. The van der Waals surface area contributed by atoms with Gasteiger partial charge in [-0.15, -0.1) is 0 Å². The van der Waals surface area contributed by atoms with Gasteiger partial charge in [0.05, 0.1) is 0 Å². The first-order valence-corrected chi connectivity index (χ1v) is 7.65. The van der Waals surface area contributed by atoms with Crippen LogP contribution in [-0.4, -0.2) is 0 Å². The van der Waals surface area contributed by atoms with Gasteiger partial charge >= 0.3 is 0 Å². The minimum atomic E-state index is -0.212. The molecular weight excluding hydrogens is 317 g/mol. The van der Waals surface area contributed by atoms with Crippen molar-refractivity contribution in [1.82, 2.24) is 5.32 Å². The van der Waals surface area contributed by atoms with Crippen LogP contribution in [0.5, 0.6) is 0 Å². The molecule has 0 aromatic heterocycles. The molecule has 1 unspecified atom stereocenters. The van der Waals surface area contributed by atoms with E-state index in [4.69, 9.17) is 0 Å². The molecule has 0 amide bonds. The molecule has 1 atom stereocenters. The fourth-order valence-corrected chi connectivity index (χ4v) is 2.66. The first-order chi connectivity index (χ1) is 9.58. The van der Waals surface area contributed by atoms with Gasteiger partial charge in [-0.25, -0.2) is 4.39 Å². The molecule has 0 aliphatic heterocycles. The topological polar surface area (TPSA) is 12.0 Å². The van der Waals surface area contributed by atoms with E-state index in [9.17, 15) is 4.39 Å². The Kier molecular flexibility index (Phi) is 5.32. The first-order valence-electron chi connectivity index (χ1n) is 6.85. The lowest BCUT2D eigenvalue weighted by Crippen LogP contribution is -2.18. The van der Waals surface area contributed by atoms with Gasteiger partial charge in [0.25, 0.3) is 0 Å². The predicted molar refractivity (Wildman–Crippen MR) is 85.2 cm³/mol. The third-order valence-electron chi connectivity index (χ3n) is 3.42. The maximum absolute atomic E-state index is 13.3. The number of rotatable bonds is 5. The summed E-state index contributed by atoms with van der Waals surface area (Å²) in [6.07, 6.45) is 1.05. The van der Waals surface area contributed by atoms with Crippen LogP contribution in [0.3, 0.4) is 0 Å². The lowest BCUT2D eigenvalue weighted by molar-refractivity contribution is 0.569. The molecule has 0 fully saturated rings. The van der Waals surface area contributed by atoms with Crippen molar-refractivity contribution in [2.75, 3.05) is 0 Å². The monoisotopic (exact) mass is 335 g/mol. The standard InChI is InChI=1S/C17H19BrFN/c1-3-13-4-6-15(7-5-13)12(2)20-11-14-8-16(18)10-17(19)9-14/h4-10,12,20H,3,11H2,1-2H3. The molecule has 20 heavy (non-hydrogen) atoms. The van der Waals surface area contributed by atoms with E-state index >= 15 is 0 Å². The summed E-state index contributed by atoms with van der Waals surface area (Å²) < 4.78 is 14.1. The summed E-state index contributed by atoms with van der Waals surface area (Å²) in [6.45, 7) is 4.92. The van der Waals surface area contributed by atoms with Gasteiger partial charge in [-0.3, -0.25) is 0 Å². The van der Waals surface area contributed by atoms with Gasteiger partial charge in [0.15, 0.2) is 0 Å². The Hall–Kier alpha value is -1.19. The minimum absolute atomic E-state index is 0.212. The van der Waals surface area contributed by atoms with Crippen LogP contribution in [0.1, 0.15) is 36.6 Å². The number of benzene rings is 2. The van der Waals surface area contributed by atoms with E-state index in [0.29, 0.717) is 6.54 Å². The number of halogens is 2. The highest BCUT2D eigenvalue weighted by Crippen LogP contribution is 2.17. The Morgan fingerprint density at radius 1 is 1.10 bits per heavy atom. The predicted octanol–water partition coefficient (Wildman–Crippen LogP) is 5.00. The van der Waals surface area contributed by atoms with Crippen LogP contribution in [0.2, 0.25) is 0 Å². The Morgan fingerprint density at radius 3 is 2.40 bits per heavy atom. The molecule has 0 saturated heterocycles. The molecule has 0 saturated carbocycles. The summed E-state index contributed by atoms with van der Waals surface area (Å²) in [5, 5.41) is 3.42. The number of hydrogen-bond donors (Lipinski definition) is 1. The average molecular weight is 336 g/mol. The maximum atomic E-state index is 13.3. The molecular formula is C17H19BrFN. The van der Waals surface area contributed by atoms with Crippen molar-refractivity contribution in [1.29, 1.82) is 0 Å². The van der Waals surface area contributed by atoms with Crippen molar-refractivity contribution in [3.05, 3.63) is 69.4 Å². The molecule has 3 heteroatoms. The van der Waals surface area contributed by atoms with Crippen molar-refractivity contribution in [3.8, 4) is 0 Å². The van der Waals surface area contributed by atoms with E-state index < -0.39 is 0 Å². The molecule has 0 spiro atoms. The molecule has 0 bridgehead atoms. The summed E-state index contributed by atoms with van der Waals surface area (Å²) in [5.41, 5.74) is 3.53. The van der Waals surface area contributed by atoms with E-state index in [-0.39, 0.29) is 11.9 Å². The van der Waals surface area contributed by atoms with Gasteiger partial charge in [-0.1, -0.05) is 47.1 Å². The summed E-state index contributed by atoms with van der Waals surface area (Å²) in [7, 11) is 0. The highest BCUT2D eigenvalue weighted by atomic mass is 79.9. The van der Waals surface area contributed by atoms with Crippen LogP contribution in [0.4, 0.5) is 4.39 Å². The highest BCUT2D eigenvalue weighted by molar-refractivity contribution is 9.10. The molecule has 0 aliphatic carbocycles. The van der Waals surface area contributed by atoms with E-state index in [1.165, 1.54) is 17.2 Å². The van der Waals surface area contributed by atoms with Gasteiger partial charge in [0, 0.05) is 17.1 Å². The Morgan fingerprint density at radius 2 is 1.80 bits per heavy atom. The van der Waals surface area contributed by atoms with Gasteiger partial charge in [0.1, 0.15) is 5.82 Å². The normalized spacial score (nSPS) is 12.4. The molecule has 1 N–H and O–H groups in total. The van der Waals surface area contributed by atoms with Crippen molar-refractivity contribution < 1.29 is 4.39 Å².